The minimum Gasteiger partial charge on any atom is -0.338 e. The second kappa shape index (κ2) is 18.3. The zero-order valence-corrected chi connectivity index (χ0v) is 39.6. The molecular formula is C66H53N5. The van der Waals surface area contributed by atoms with Gasteiger partial charge >= 0.3 is 0 Å². The van der Waals surface area contributed by atoms with E-state index in [0.29, 0.717) is 6.04 Å². The van der Waals surface area contributed by atoms with E-state index < -0.39 is 0 Å². The zero-order chi connectivity index (χ0) is 47.1. The minimum atomic E-state index is 0.505. The molecule has 0 saturated heterocycles. The summed E-state index contributed by atoms with van der Waals surface area (Å²) in [6.45, 7) is 0. The van der Waals surface area contributed by atoms with Gasteiger partial charge in [-0.1, -0.05) is 128 Å². The molecule has 1 saturated carbocycles. The van der Waals surface area contributed by atoms with E-state index >= 15 is 0 Å². The van der Waals surface area contributed by atoms with Crippen LogP contribution in [-0.4, -0.2) is 15.2 Å². The van der Waals surface area contributed by atoms with Gasteiger partial charge in [0.2, 0.25) is 0 Å². The summed E-state index contributed by atoms with van der Waals surface area (Å²) in [6, 6.07) is 93.3. The van der Waals surface area contributed by atoms with Crippen LogP contribution in [0.3, 0.4) is 0 Å². The monoisotopic (exact) mass is 915 g/mol. The maximum Gasteiger partial charge on any atom is 0.0542 e. The van der Waals surface area contributed by atoms with Crippen molar-refractivity contribution in [2.24, 2.45) is 0 Å². The molecule has 0 spiro atoms. The highest BCUT2D eigenvalue weighted by Gasteiger charge is 2.24. The molecule has 2 heterocycles. The van der Waals surface area contributed by atoms with Gasteiger partial charge in [-0.25, -0.2) is 0 Å². The predicted octanol–water partition coefficient (Wildman–Crippen LogP) is 18.3. The van der Waals surface area contributed by atoms with Crippen molar-refractivity contribution in [3.05, 3.63) is 255 Å². The minimum absolute atomic E-state index is 0.505. The number of benzene rings is 10. The first-order valence-electron chi connectivity index (χ1n) is 25.1. The smallest absolute Gasteiger partial charge is 0.0542 e. The number of hydrogen-bond acceptors (Lipinski definition) is 3. The van der Waals surface area contributed by atoms with E-state index in [9.17, 15) is 0 Å². The molecule has 0 unspecified atom stereocenters. The van der Waals surface area contributed by atoms with Crippen molar-refractivity contribution in [1.82, 2.24) is 9.13 Å². The lowest BCUT2D eigenvalue weighted by Gasteiger charge is -2.36. The summed E-state index contributed by atoms with van der Waals surface area (Å²) in [5.74, 6) is 0. The highest BCUT2D eigenvalue weighted by atomic mass is 15.2. The third kappa shape index (κ3) is 7.67. The first kappa shape index (κ1) is 42.3. The fraction of sp³-hybridized carbons (Fsp3) is 0.0909. The summed E-state index contributed by atoms with van der Waals surface area (Å²) in [7, 11) is 0. The molecule has 2 aromatic heterocycles. The third-order valence-corrected chi connectivity index (χ3v) is 14.6. The molecule has 0 atom stereocenters. The molecule has 1 aliphatic rings. The normalized spacial score (nSPS) is 13.0. The lowest BCUT2D eigenvalue weighted by Crippen LogP contribution is -2.32. The van der Waals surface area contributed by atoms with E-state index in [4.69, 9.17) is 0 Å². The van der Waals surface area contributed by atoms with Gasteiger partial charge < -0.3 is 23.8 Å². The molecule has 1 aliphatic carbocycles. The summed E-state index contributed by atoms with van der Waals surface area (Å²) in [6.07, 6.45) is 6.36. The molecule has 71 heavy (non-hydrogen) atoms. The van der Waals surface area contributed by atoms with Gasteiger partial charge in [-0.15, -0.1) is 0 Å². The summed E-state index contributed by atoms with van der Waals surface area (Å²) in [5.41, 5.74) is 16.2. The molecule has 12 aromatic rings. The molecular weight excluding hydrogens is 863 g/mol. The summed E-state index contributed by atoms with van der Waals surface area (Å²) < 4.78 is 4.84. The average Bonchev–Trinajstić information content (AvgIpc) is 3.95. The number of rotatable bonds is 11. The Kier molecular flexibility index (Phi) is 10.9. The molecule has 0 radical (unpaired) electrons. The van der Waals surface area contributed by atoms with Gasteiger partial charge in [-0.3, -0.25) is 0 Å². The Balaban J connectivity index is 0.896. The number of aromatic nitrogens is 2. The first-order chi connectivity index (χ1) is 35.2. The Morgan fingerprint density at radius 2 is 0.592 bits per heavy atom. The van der Waals surface area contributed by atoms with Gasteiger partial charge in [0.15, 0.2) is 0 Å². The van der Waals surface area contributed by atoms with Crippen LogP contribution >= 0.6 is 0 Å². The lowest BCUT2D eigenvalue weighted by molar-refractivity contribution is 0.436. The van der Waals surface area contributed by atoms with E-state index in [2.05, 4.69) is 279 Å². The van der Waals surface area contributed by atoms with Gasteiger partial charge in [-0.2, -0.15) is 0 Å². The summed E-state index contributed by atoms with van der Waals surface area (Å²) >= 11 is 0. The molecule has 342 valence electrons. The van der Waals surface area contributed by atoms with Crippen molar-refractivity contribution in [3.8, 4) is 11.4 Å². The SMILES string of the molecule is c1ccc(N(c2ccccc2)c2ccc(-n3c4ccccc4c4cc(N(c5ccccc5)c5ccc6c(c5)c5ccccc5n6-c5ccc(N(c6ccccc6)C6CCCCC6)cc5)ccc43)cc2)cc1. The van der Waals surface area contributed by atoms with Gasteiger partial charge in [0.25, 0.3) is 0 Å². The summed E-state index contributed by atoms with van der Waals surface area (Å²) in [4.78, 5) is 7.30. The van der Waals surface area contributed by atoms with Gasteiger partial charge in [0.05, 0.1) is 22.1 Å². The predicted molar refractivity (Wildman–Crippen MR) is 300 cm³/mol. The lowest BCUT2D eigenvalue weighted by atomic mass is 9.93. The molecule has 5 nitrogen and oxygen atoms in total. The first-order valence-corrected chi connectivity index (χ1v) is 25.1. The number of para-hydroxylation sites is 6. The highest BCUT2D eigenvalue weighted by molar-refractivity contribution is 6.12. The molecule has 0 bridgehead atoms. The number of nitrogens with zero attached hydrogens (tertiary/aromatic N) is 5. The van der Waals surface area contributed by atoms with Crippen LogP contribution in [0.4, 0.5) is 45.5 Å². The Morgan fingerprint density at radius 1 is 0.268 bits per heavy atom. The fourth-order valence-electron chi connectivity index (χ4n) is 11.4. The molecule has 13 rings (SSSR count). The quantitative estimate of drug-likeness (QED) is 0.129. The van der Waals surface area contributed by atoms with Crippen LogP contribution in [0.5, 0.6) is 0 Å². The van der Waals surface area contributed by atoms with Crippen molar-refractivity contribution < 1.29 is 0 Å². The zero-order valence-electron chi connectivity index (χ0n) is 39.6. The van der Waals surface area contributed by atoms with E-state index in [1.165, 1.54) is 81.6 Å². The van der Waals surface area contributed by atoms with Crippen molar-refractivity contribution in [1.29, 1.82) is 0 Å². The maximum absolute atomic E-state index is 2.58. The van der Waals surface area contributed by atoms with Gasteiger partial charge in [0.1, 0.15) is 0 Å². The number of hydrogen-bond donors (Lipinski definition) is 0. The Hall–Kier alpha value is -8.80. The van der Waals surface area contributed by atoms with Crippen molar-refractivity contribution >= 4 is 89.1 Å². The highest BCUT2D eigenvalue weighted by Crippen LogP contribution is 2.44. The van der Waals surface area contributed by atoms with Crippen LogP contribution in [0.15, 0.2) is 255 Å². The molecule has 10 aromatic carbocycles. The van der Waals surface area contributed by atoms with Crippen molar-refractivity contribution in [2.75, 3.05) is 14.7 Å². The topological polar surface area (TPSA) is 19.6 Å². The van der Waals surface area contributed by atoms with Crippen LogP contribution in [0.25, 0.3) is 55.0 Å². The number of anilines is 8. The van der Waals surface area contributed by atoms with E-state index in [1.54, 1.807) is 0 Å². The Labute approximate surface area is 415 Å². The second-order valence-electron chi connectivity index (χ2n) is 18.8. The van der Waals surface area contributed by atoms with Crippen LogP contribution in [-0.2, 0) is 0 Å². The molecule has 0 N–H and O–H groups in total. The van der Waals surface area contributed by atoms with E-state index in [1.807, 2.05) is 0 Å². The van der Waals surface area contributed by atoms with Crippen LogP contribution in [0.1, 0.15) is 32.1 Å². The van der Waals surface area contributed by atoms with E-state index in [-0.39, 0.29) is 0 Å². The van der Waals surface area contributed by atoms with Gasteiger partial charge in [0, 0.05) is 84.5 Å². The summed E-state index contributed by atoms with van der Waals surface area (Å²) in [5, 5.41) is 4.87. The largest absolute Gasteiger partial charge is 0.338 e. The third-order valence-electron chi connectivity index (χ3n) is 14.6. The maximum atomic E-state index is 2.58. The molecule has 1 fully saturated rings. The molecule has 5 heteroatoms. The van der Waals surface area contributed by atoms with Crippen molar-refractivity contribution in [3.63, 3.8) is 0 Å². The average molecular weight is 916 g/mol. The second-order valence-corrected chi connectivity index (χ2v) is 18.8. The van der Waals surface area contributed by atoms with E-state index in [0.717, 1.165) is 51.0 Å². The van der Waals surface area contributed by atoms with Crippen LogP contribution in [0, 0.1) is 0 Å². The van der Waals surface area contributed by atoms with Gasteiger partial charge in [-0.05, 0) is 158 Å². The fourth-order valence-corrected chi connectivity index (χ4v) is 11.4. The Bertz CT molecular complexity index is 3740. The van der Waals surface area contributed by atoms with Crippen LogP contribution in [0.2, 0.25) is 0 Å². The molecule has 0 amide bonds. The standard InChI is InChI=1S/C66H53N5/c1-6-20-48(21-7-1)67(49-22-8-2-9-23-49)53-34-38-55(39-35-53)70-63-32-18-16-30-59(63)61-46-57(42-44-65(61)70)69(52-28-14-5-15-29-52)58-43-45-66-62(47-58)60-31-17-19-33-64(60)71(66)56-40-36-54(37-41-56)68(50-24-10-3-11-25-50)51-26-12-4-13-27-51/h1-3,5-11,14-25,28-47,51H,4,12-13,26-27H2. The van der Waals surface area contributed by atoms with Crippen molar-refractivity contribution in [2.45, 2.75) is 38.1 Å². The Morgan fingerprint density at radius 3 is 1.04 bits per heavy atom. The molecule has 0 aliphatic heterocycles. The number of fused-ring (bicyclic) bond motifs is 6. The van der Waals surface area contributed by atoms with Crippen LogP contribution < -0.4 is 14.7 Å².